The predicted molar refractivity (Wildman–Crippen MR) is 55.2 cm³/mol. The molecule has 0 aromatic heterocycles. The van der Waals surface area contributed by atoms with Crippen molar-refractivity contribution in [3.63, 3.8) is 0 Å². The molecular weight excluding hydrogens is 158 g/mol. The molecule has 1 aliphatic rings. The van der Waals surface area contributed by atoms with Gasteiger partial charge in [0.2, 0.25) is 0 Å². The Labute approximate surface area is 78.6 Å². The van der Waals surface area contributed by atoms with Crippen LogP contribution in [-0.2, 0) is 0 Å². The molecule has 1 nitrogen and oxygen atoms in total. The van der Waals surface area contributed by atoms with Crippen molar-refractivity contribution in [2.45, 2.75) is 12.3 Å². The molecular formula is C12H13N. The van der Waals surface area contributed by atoms with Crippen LogP contribution in [-0.4, -0.2) is 0 Å². The van der Waals surface area contributed by atoms with Gasteiger partial charge in [-0.2, -0.15) is 0 Å². The third kappa shape index (κ3) is 1.81. The minimum atomic E-state index is 0.508. The summed E-state index contributed by atoms with van der Waals surface area (Å²) in [7, 11) is 0. The molecule has 1 aromatic carbocycles. The number of hydrogen-bond acceptors (Lipinski definition) is 1. The van der Waals surface area contributed by atoms with Crippen LogP contribution in [0.25, 0.3) is 0 Å². The third-order valence-electron chi connectivity index (χ3n) is 2.36. The summed E-state index contributed by atoms with van der Waals surface area (Å²) >= 11 is 0. The molecule has 0 aliphatic heterocycles. The van der Waals surface area contributed by atoms with Gasteiger partial charge in [0, 0.05) is 11.6 Å². The van der Waals surface area contributed by atoms with Crippen LogP contribution in [0.4, 0.5) is 0 Å². The highest BCUT2D eigenvalue weighted by Crippen LogP contribution is 2.24. The van der Waals surface area contributed by atoms with E-state index < -0.39 is 0 Å². The summed E-state index contributed by atoms with van der Waals surface area (Å²) in [6.45, 7) is 0. The normalized spacial score (nSPS) is 21.2. The Morgan fingerprint density at radius 3 is 2.54 bits per heavy atom. The average Bonchev–Trinajstić information content (AvgIpc) is 2.20. The smallest absolute Gasteiger partial charge is 0.0270 e. The molecule has 0 bridgehead atoms. The predicted octanol–water partition coefficient (Wildman–Crippen LogP) is 2.57. The van der Waals surface area contributed by atoms with Crippen molar-refractivity contribution in [1.29, 1.82) is 0 Å². The van der Waals surface area contributed by atoms with Gasteiger partial charge in [-0.15, -0.1) is 0 Å². The van der Waals surface area contributed by atoms with Crippen LogP contribution in [0, 0.1) is 0 Å². The van der Waals surface area contributed by atoms with E-state index in [4.69, 9.17) is 5.73 Å². The molecule has 1 aliphatic carbocycles. The Morgan fingerprint density at radius 2 is 1.92 bits per heavy atom. The highest BCUT2D eigenvalue weighted by Gasteiger charge is 2.08. The van der Waals surface area contributed by atoms with E-state index in [1.54, 1.807) is 0 Å². The van der Waals surface area contributed by atoms with E-state index >= 15 is 0 Å². The van der Waals surface area contributed by atoms with Crippen molar-refractivity contribution in [1.82, 2.24) is 0 Å². The van der Waals surface area contributed by atoms with Crippen LogP contribution in [0.2, 0.25) is 0 Å². The molecule has 0 saturated carbocycles. The zero-order valence-electron chi connectivity index (χ0n) is 7.48. The van der Waals surface area contributed by atoms with Crippen molar-refractivity contribution in [3.05, 3.63) is 59.8 Å². The monoisotopic (exact) mass is 171 g/mol. The van der Waals surface area contributed by atoms with Gasteiger partial charge in [-0.25, -0.2) is 0 Å². The van der Waals surface area contributed by atoms with E-state index in [0.717, 1.165) is 12.1 Å². The molecule has 0 spiro atoms. The van der Waals surface area contributed by atoms with Crippen molar-refractivity contribution in [2.24, 2.45) is 5.73 Å². The summed E-state index contributed by atoms with van der Waals surface area (Å²) in [5, 5.41) is 0. The maximum absolute atomic E-state index is 5.65. The van der Waals surface area contributed by atoms with E-state index in [2.05, 4.69) is 36.4 Å². The minimum Gasteiger partial charge on any atom is -0.399 e. The second-order valence-corrected chi connectivity index (χ2v) is 3.32. The summed E-state index contributed by atoms with van der Waals surface area (Å²) < 4.78 is 0. The van der Waals surface area contributed by atoms with Gasteiger partial charge in [-0.1, -0.05) is 42.5 Å². The van der Waals surface area contributed by atoms with Crippen molar-refractivity contribution >= 4 is 0 Å². The molecule has 1 aromatic rings. The average molecular weight is 171 g/mol. The second kappa shape index (κ2) is 3.48. The zero-order chi connectivity index (χ0) is 9.10. The summed E-state index contributed by atoms with van der Waals surface area (Å²) in [4.78, 5) is 0. The molecule has 0 radical (unpaired) electrons. The largest absolute Gasteiger partial charge is 0.399 e. The lowest BCUT2D eigenvalue weighted by molar-refractivity contribution is 0.843. The zero-order valence-corrected chi connectivity index (χ0v) is 7.48. The van der Waals surface area contributed by atoms with Gasteiger partial charge in [0.1, 0.15) is 0 Å². The highest BCUT2D eigenvalue weighted by atomic mass is 14.6. The van der Waals surface area contributed by atoms with Crippen molar-refractivity contribution in [3.8, 4) is 0 Å². The minimum absolute atomic E-state index is 0.508. The maximum Gasteiger partial charge on any atom is 0.0270 e. The van der Waals surface area contributed by atoms with E-state index in [-0.39, 0.29) is 0 Å². The van der Waals surface area contributed by atoms with E-state index in [9.17, 15) is 0 Å². The summed E-state index contributed by atoms with van der Waals surface area (Å²) in [5.41, 5.74) is 7.89. The Morgan fingerprint density at radius 1 is 1.15 bits per heavy atom. The number of hydrogen-bond donors (Lipinski definition) is 1. The molecule has 0 amide bonds. The lowest BCUT2D eigenvalue weighted by Gasteiger charge is -2.14. The molecule has 2 N–H and O–H groups in total. The Balaban J connectivity index is 2.18. The Hall–Kier alpha value is -1.50. The fraction of sp³-hybridized carbons (Fsp3) is 0.167. The number of rotatable bonds is 1. The fourth-order valence-electron chi connectivity index (χ4n) is 1.58. The molecule has 0 fully saturated rings. The molecule has 0 heterocycles. The topological polar surface area (TPSA) is 26.0 Å². The van der Waals surface area contributed by atoms with Crippen LogP contribution in [0.1, 0.15) is 17.9 Å². The number of allylic oxidation sites excluding steroid dienone is 3. The highest BCUT2D eigenvalue weighted by molar-refractivity contribution is 5.31. The van der Waals surface area contributed by atoms with Gasteiger partial charge < -0.3 is 5.73 Å². The van der Waals surface area contributed by atoms with Crippen LogP contribution in [0.15, 0.2) is 54.3 Å². The summed E-state index contributed by atoms with van der Waals surface area (Å²) in [6.07, 6.45) is 7.26. The van der Waals surface area contributed by atoms with Gasteiger partial charge in [-0.05, 0) is 18.1 Å². The molecule has 0 saturated heterocycles. The van der Waals surface area contributed by atoms with Gasteiger partial charge in [-0.3, -0.25) is 0 Å². The SMILES string of the molecule is NC1=CCC(c2ccccc2)C=C1. The number of nitrogens with two attached hydrogens (primary N) is 1. The van der Waals surface area contributed by atoms with Crippen LogP contribution < -0.4 is 5.73 Å². The molecule has 1 unspecified atom stereocenters. The third-order valence-corrected chi connectivity index (χ3v) is 2.36. The van der Waals surface area contributed by atoms with Crippen LogP contribution >= 0.6 is 0 Å². The molecule has 2 rings (SSSR count). The fourth-order valence-corrected chi connectivity index (χ4v) is 1.58. The molecule has 66 valence electrons. The van der Waals surface area contributed by atoms with Gasteiger partial charge in [0.25, 0.3) is 0 Å². The first-order valence-corrected chi connectivity index (χ1v) is 4.55. The summed E-state index contributed by atoms with van der Waals surface area (Å²) in [5.74, 6) is 0.508. The molecule has 1 atom stereocenters. The van der Waals surface area contributed by atoms with E-state index in [0.29, 0.717) is 5.92 Å². The molecule has 1 heteroatoms. The van der Waals surface area contributed by atoms with Crippen LogP contribution in [0.3, 0.4) is 0 Å². The number of benzene rings is 1. The Kier molecular flexibility index (Phi) is 2.17. The van der Waals surface area contributed by atoms with Crippen molar-refractivity contribution in [2.75, 3.05) is 0 Å². The van der Waals surface area contributed by atoms with Gasteiger partial charge in [0.05, 0.1) is 0 Å². The first kappa shape index (κ1) is 8.11. The first-order valence-electron chi connectivity index (χ1n) is 4.55. The standard InChI is InChI=1S/C12H13N/c13-12-8-6-11(7-9-12)10-4-2-1-3-5-10/h1-6,8-9,11H,7,13H2. The lowest BCUT2D eigenvalue weighted by atomic mass is 9.92. The maximum atomic E-state index is 5.65. The van der Waals surface area contributed by atoms with Gasteiger partial charge >= 0.3 is 0 Å². The van der Waals surface area contributed by atoms with E-state index in [1.165, 1.54) is 5.56 Å². The Bertz CT molecular complexity index is 335. The molecule has 13 heavy (non-hydrogen) atoms. The van der Waals surface area contributed by atoms with E-state index in [1.807, 2.05) is 12.1 Å². The lowest BCUT2D eigenvalue weighted by Crippen LogP contribution is -2.02. The van der Waals surface area contributed by atoms with Crippen molar-refractivity contribution < 1.29 is 0 Å². The summed E-state index contributed by atoms with van der Waals surface area (Å²) in [6, 6.07) is 10.5. The first-order chi connectivity index (χ1) is 6.36. The quantitative estimate of drug-likeness (QED) is 0.690. The second-order valence-electron chi connectivity index (χ2n) is 3.32. The van der Waals surface area contributed by atoms with Crippen LogP contribution in [0.5, 0.6) is 0 Å². The van der Waals surface area contributed by atoms with Gasteiger partial charge in [0.15, 0.2) is 0 Å².